The van der Waals surface area contributed by atoms with E-state index < -0.39 is 11.6 Å². The predicted octanol–water partition coefficient (Wildman–Crippen LogP) is 2.15. The van der Waals surface area contributed by atoms with Crippen molar-refractivity contribution in [1.29, 1.82) is 0 Å². The fraction of sp³-hybridized carbons (Fsp3) is 0. The molecule has 1 aromatic heterocycles. The first-order valence-electron chi connectivity index (χ1n) is 4.87. The summed E-state index contributed by atoms with van der Waals surface area (Å²) < 4.78 is 12.7. The Morgan fingerprint density at radius 1 is 1.47 bits per heavy atom. The highest BCUT2D eigenvalue weighted by molar-refractivity contribution is 6.08. The summed E-state index contributed by atoms with van der Waals surface area (Å²) in [5, 5.41) is 9.40. The number of imidazole rings is 1. The van der Waals surface area contributed by atoms with Crippen LogP contribution in [0.4, 0.5) is 4.39 Å². The van der Waals surface area contributed by atoms with Gasteiger partial charge < -0.3 is 10.1 Å². The maximum Gasteiger partial charge on any atom is 0.189 e. The average molecular weight is 232 g/mol. The van der Waals surface area contributed by atoms with Gasteiger partial charge in [0.25, 0.3) is 0 Å². The van der Waals surface area contributed by atoms with Crippen LogP contribution in [0.15, 0.2) is 36.7 Å². The van der Waals surface area contributed by atoms with Gasteiger partial charge >= 0.3 is 0 Å². The molecule has 0 amide bonds. The van der Waals surface area contributed by atoms with Gasteiger partial charge in [0.2, 0.25) is 0 Å². The molecule has 0 bridgehead atoms. The van der Waals surface area contributed by atoms with Gasteiger partial charge in [-0.3, -0.25) is 4.79 Å². The summed E-state index contributed by atoms with van der Waals surface area (Å²) in [5.41, 5.74) is 0.0502. The number of aromatic amines is 1. The largest absolute Gasteiger partial charge is 0.507 e. The van der Waals surface area contributed by atoms with Gasteiger partial charge in [0.1, 0.15) is 17.4 Å². The number of H-pyrrole nitrogens is 1. The number of allylic oxidation sites excluding steroid dienone is 1. The third kappa shape index (κ3) is 2.57. The van der Waals surface area contributed by atoms with E-state index in [0.717, 1.165) is 12.1 Å². The number of nitrogens with one attached hydrogen (secondary N) is 1. The minimum absolute atomic E-state index is 0.0502. The molecule has 5 heteroatoms. The Kier molecular flexibility index (Phi) is 3.00. The number of carbonyl (C=O) groups excluding carboxylic acids is 1. The second-order valence-electron chi connectivity index (χ2n) is 3.33. The molecule has 0 aliphatic rings. The second kappa shape index (κ2) is 4.61. The summed E-state index contributed by atoms with van der Waals surface area (Å²) in [5.74, 6) is -0.855. The summed E-state index contributed by atoms with van der Waals surface area (Å²) >= 11 is 0. The molecule has 0 radical (unpaired) electrons. The zero-order chi connectivity index (χ0) is 12.3. The Bertz CT molecular complexity index is 562. The van der Waals surface area contributed by atoms with Crippen molar-refractivity contribution in [1.82, 2.24) is 9.97 Å². The van der Waals surface area contributed by atoms with E-state index in [1.54, 1.807) is 12.4 Å². The molecule has 0 aliphatic heterocycles. The lowest BCUT2D eigenvalue weighted by atomic mass is 10.1. The van der Waals surface area contributed by atoms with Crippen LogP contribution in [0.25, 0.3) is 6.08 Å². The molecule has 2 aromatic rings. The normalized spacial score (nSPS) is 10.9. The van der Waals surface area contributed by atoms with Gasteiger partial charge in [-0.25, -0.2) is 9.37 Å². The summed E-state index contributed by atoms with van der Waals surface area (Å²) in [6.45, 7) is 0. The minimum Gasteiger partial charge on any atom is -0.507 e. The number of hydrogen-bond donors (Lipinski definition) is 2. The number of benzene rings is 1. The number of hydrogen-bond acceptors (Lipinski definition) is 3. The first kappa shape index (κ1) is 11.1. The number of rotatable bonds is 3. The van der Waals surface area contributed by atoms with Gasteiger partial charge in [0.15, 0.2) is 5.78 Å². The lowest BCUT2D eigenvalue weighted by molar-refractivity contribution is 0.104. The number of aromatic nitrogens is 2. The smallest absolute Gasteiger partial charge is 0.189 e. The quantitative estimate of drug-likeness (QED) is 0.629. The lowest BCUT2D eigenvalue weighted by Crippen LogP contribution is -1.95. The first-order chi connectivity index (χ1) is 8.16. The maximum absolute atomic E-state index is 12.7. The third-order valence-corrected chi connectivity index (χ3v) is 2.14. The van der Waals surface area contributed by atoms with Crippen molar-refractivity contribution in [2.24, 2.45) is 0 Å². The molecule has 2 rings (SSSR count). The highest BCUT2D eigenvalue weighted by Gasteiger charge is 2.08. The van der Waals surface area contributed by atoms with Crippen molar-refractivity contribution in [2.75, 3.05) is 0 Å². The molecule has 0 unspecified atom stereocenters. The standard InChI is InChI=1S/C12H9FN2O2/c13-8-1-2-9(11(17)7-8)10(16)3-4-12-14-5-6-15-12/h1-7,17H,(H,14,15). The number of halogens is 1. The summed E-state index contributed by atoms with van der Waals surface area (Å²) in [4.78, 5) is 18.4. The van der Waals surface area contributed by atoms with Crippen molar-refractivity contribution in [3.63, 3.8) is 0 Å². The van der Waals surface area contributed by atoms with Crippen molar-refractivity contribution >= 4 is 11.9 Å². The Balaban J connectivity index is 2.20. The van der Waals surface area contributed by atoms with Crippen molar-refractivity contribution in [3.05, 3.63) is 53.9 Å². The Morgan fingerprint density at radius 2 is 2.29 bits per heavy atom. The van der Waals surface area contributed by atoms with Crippen molar-refractivity contribution < 1.29 is 14.3 Å². The molecule has 1 heterocycles. The number of phenolic OH excluding ortho intramolecular Hbond substituents is 1. The number of nitrogens with zero attached hydrogens (tertiary/aromatic N) is 1. The number of aromatic hydroxyl groups is 1. The van der Waals surface area contributed by atoms with E-state index in [-0.39, 0.29) is 11.3 Å². The second-order valence-corrected chi connectivity index (χ2v) is 3.33. The van der Waals surface area contributed by atoms with Crippen LogP contribution < -0.4 is 0 Å². The summed E-state index contributed by atoms with van der Waals surface area (Å²) in [6.07, 6.45) is 5.91. The molecule has 1 aromatic carbocycles. The van der Waals surface area contributed by atoms with Gasteiger partial charge in [-0.15, -0.1) is 0 Å². The molecule has 4 nitrogen and oxygen atoms in total. The van der Waals surface area contributed by atoms with Crippen LogP contribution in [-0.2, 0) is 0 Å². The van der Waals surface area contributed by atoms with E-state index in [1.165, 1.54) is 18.2 Å². The van der Waals surface area contributed by atoms with Gasteiger partial charge in [-0.1, -0.05) is 0 Å². The molecule has 17 heavy (non-hydrogen) atoms. The third-order valence-electron chi connectivity index (χ3n) is 2.14. The van der Waals surface area contributed by atoms with Crippen LogP contribution in [-0.4, -0.2) is 20.9 Å². The Morgan fingerprint density at radius 3 is 2.94 bits per heavy atom. The van der Waals surface area contributed by atoms with Crippen molar-refractivity contribution in [3.8, 4) is 5.75 Å². The van der Waals surface area contributed by atoms with Gasteiger partial charge in [-0.2, -0.15) is 0 Å². The molecule has 2 N–H and O–H groups in total. The highest BCUT2D eigenvalue weighted by atomic mass is 19.1. The fourth-order valence-electron chi connectivity index (χ4n) is 1.33. The zero-order valence-corrected chi connectivity index (χ0v) is 8.72. The van der Waals surface area contributed by atoms with E-state index in [0.29, 0.717) is 5.82 Å². The SMILES string of the molecule is O=C(C=Cc1ncc[nH]1)c1ccc(F)cc1O. The van der Waals surface area contributed by atoms with Crippen LogP contribution in [0.1, 0.15) is 16.2 Å². The number of phenols is 1. The molecule has 0 saturated heterocycles. The van der Waals surface area contributed by atoms with E-state index in [1.807, 2.05) is 0 Å². The van der Waals surface area contributed by atoms with Crippen LogP contribution >= 0.6 is 0 Å². The monoisotopic (exact) mass is 232 g/mol. The van der Waals surface area contributed by atoms with Crippen LogP contribution in [0.3, 0.4) is 0 Å². The zero-order valence-electron chi connectivity index (χ0n) is 8.72. The number of ketones is 1. The number of carbonyl (C=O) groups is 1. The van der Waals surface area contributed by atoms with E-state index in [2.05, 4.69) is 9.97 Å². The van der Waals surface area contributed by atoms with Crippen LogP contribution in [0, 0.1) is 5.82 Å². The molecular formula is C12H9FN2O2. The van der Waals surface area contributed by atoms with Gasteiger partial charge in [0.05, 0.1) is 5.56 Å². The average Bonchev–Trinajstić information content (AvgIpc) is 2.78. The first-order valence-corrected chi connectivity index (χ1v) is 4.87. The minimum atomic E-state index is -0.589. The summed E-state index contributed by atoms with van der Waals surface area (Å²) in [6, 6.07) is 3.25. The maximum atomic E-state index is 12.7. The fourth-order valence-corrected chi connectivity index (χ4v) is 1.33. The molecule has 0 spiro atoms. The molecule has 0 fully saturated rings. The van der Waals surface area contributed by atoms with E-state index >= 15 is 0 Å². The highest BCUT2D eigenvalue weighted by Crippen LogP contribution is 2.19. The van der Waals surface area contributed by atoms with Gasteiger partial charge in [0, 0.05) is 18.5 Å². The molecular weight excluding hydrogens is 223 g/mol. The molecule has 0 saturated carbocycles. The Hall–Kier alpha value is -2.43. The lowest BCUT2D eigenvalue weighted by Gasteiger charge is -1.99. The molecule has 0 aliphatic carbocycles. The van der Waals surface area contributed by atoms with Crippen LogP contribution in [0.2, 0.25) is 0 Å². The topological polar surface area (TPSA) is 66.0 Å². The van der Waals surface area contributed by atoms with E-state index in [9.17, 15) is 14.3 Å². The predicted molar refractivity (Wildman–Crippen MR) is 60.0 cm³/mol. The van der Waals surface area contributed by atoms with Crippen molar-refractivity contribution in [2.45, 2.75) is 0 Å². The van der Waals surface area contributed by atoms with Gasteiger partial charge in [-0.05, 0) is 24.3 Å². The Labute approximate surface area is 96.4 Å². The molecule has 86 valence electrons. The molecule has 0 atom stereocenters. The van der Waals surface area contributed by atoms with E-state index in [4.69, 9.17) is 0 Å². The summed E-state index contributed by atoms with van der Waals surface area (Å²) in [7, 11) is 0. The van der Waals surface area contributed by atoms with Crippen LogP contribution in [0.5, 0.6) is 5.75 Å².